The van der Waals surface area contributed by atoms with E-state index in [-0.39, 0.29) is 34.7 Å². The molecule has 0 radical (unpaired) electrons. The molecular formula is C21H23N3O5S4. The van der Waals surface area contributed by atoms with E-state index in [1.54, 1.807) is 11.8 Å². The summed E-state index contributed by atoms with van der Waals surface area (Å²) in [4.78, 5) is 18.0. The van der Waals surface area contributed by atoms with Crippen LogP contribution in [0.15, 0.2) is 57.2 Å². The Balaban J connectivity index is 1.45. The van der Waals surface area contributed by atoms with Gasteiger partial charge >= 0.3 is 0 Å². The largest absolute Gasteiger partial charge is 0.302 e. The van der Waals surface area contributed by atoms with Crippen molar-refractivity contribution in [1.29, 1.82) is 0 Å². The van der Waals surface area contributed by atoms with Gasteiger partial charge in [0, 0.05) is 30.2 Å². The summed E-state index contributed by atoms with van der Waals surface area (Å²) in [6.45, 7) is 0.268. The molecule has 0 bridgehead atoms. The Hall–Kier alpha value is -1.99. The lowest BCUT2D eigenvalue weighted by atomic mass is 9.97. The molecule has 0 unspecified atom stereocenters. The van der Waals surface area contributed by atoms with E-state index < -0.39 is 19.9 Å². The molecule has 33 heavy (non-hydrogen) atoms. The number of amides is 1. The number of hydrogen-bond donors (Lipinski definition) is 1. The minimum atomic E-state index is -4.00. The second kappa shape index (κ2) is 9.34. The number of hydrogen-bond acceptors (Lipinski definition) is 8. The van der Waals surface area contributed by atoms with Crippen LogP contribution < -0.4 is 5.32 Å². The number of carbonyl (C=O) groups excluding carboxylic acids is 1. The lowest BCUT2D eigenvalue weighted by Crippen LogP contribution is -2.41. The topological polar surface area (TPSA) is 114 Å². The predicted octanol–water partition coefficient (Wildman–Crippen LogP) is 3.46. The summed E-state index contributed by atoms with van der Waals surface area (Å²) in [7, 11) is -7.71. The first-order valence-electron chi connectivity index (χ1n) is 10.1. The highest BCUT2D eigenvalue weighted by Gasteiger charge is 2.34. The van der Waals surface area contributed by atoms with Crippen LogP contribution in [0.25, 0.3) is 10.2 Å². The van der Waals surface area contributed by atoms with Crippen molar-refractivity contribution in [2.45, 2.75) is 27.5 Å². The Morgan fingerprint density at radius 2 is 1.73 bits per heavy atom. The zero-order valence-electron chi connectivity index (χ0n) is 18.0. The van der Waals surface area contributed by atoms with Gasteiger partial charge in [-0.3, -0.25) is 4.79 Å². The second-order valence-corrected chi connectivity index (χ2v) is 13.5. The summed E-state index contributed by atoms with van der Waals surface area (Å²) in [5.41, 5.74) is 0.857. The van der Waals surface area contributed by atoms with Gasteiger partial charge in [0.25, 0.3) is 0 Å². The smallest absolute Gasteiger partial charge is 0.244 e. The molecule has 1 amide bonds. The molecule has 12 heteroatoms. The molecule has 0 aliphatic carbocycles. The Morgan fingerprint density at radius 1 is 1.06 bits per heavy atom. The fraction of sp³-hybridized carbons (Fsp3) is 0.333. The average molecular weight is 526 g/mol. The van der Waals surface area contributed by atoms with Gasteiger partial charge in [-0.2, -0.15) is 4.31 Å². The number of thioether (sulfide) groups is 1. The quantitative estimate of drug-likeness (QED) is 0.490. The minimum Gasteiger partial charge on any atom is -0.302 e. The van der Waals surface area contributed by atoms with Gasteiger partial charge in [0.05, 0.1) is 15.1 Å². The van der Waals surface area contributed by atoms with Crippen molar-refractivity contribution >= 4 is 64.2 Å². The molecule has 0 spiro atoms. The van der Waals surface area contributed by atoms with E-state index in [0.29, 0.717) is 18.0 Å². The number of rotatable bonds is 6. The molecule has 1 N–H and O–H groups in total. The van der Waals surface area contributed by atoms with Crippen molar-refractivity contribution in [1.82, 2.24) is 9.29 Å². The van der Waals surface area contributed by atoms with Crippen LogP contribution in [0.5, 0.6) is 0 Å². The van der Waals surface area contributed by atoms with Crippen LogP contribution in [0.2, 0.25) is 0 Å². The summed E-state index contributed by atoms with van der Waals surface area (Å²) in [5.74, 6) is -0.540. The van der Waals surface area contributed by atoms with Gasteiger partial charge in [0.15, 0.2) is 15.0 Å². The van der Waals surface area contributed by atoms with Crippen molar-refractivity contribution < 1.29 is 21.6 Å². The first-order chi connectivity index (χ1) is 15.6. The molecule has 1 aliphatic heterocycles. The van der Waals surface area contributed by atoms with Gasteiger partial charge in [-0.05, 0) is 43.4 Å². The van der Waals surface area contributed by atoms with E-state index in [1.807, 2.05) is 24.5 Å². The Bertz CT molecular complexity index is 1410. The van der Waals surface area contributed by atoms with Gasteiger partial charge in [-0.15, -0.1) is 11.8 Å². The molecule has 1 aliphatic rings. The van der Waals surface area contributed by atoms with Crippen molar-refractivity contribution in [3.8, 4) is 0 Å². The third-order valence-corrected chi connectivity index (χ3v) is 10.5. The first-order valence-corrected chi connectivity index (χ1v) is 15.5. The maximum atomic E-state index is 13.1. The third kappa shape index (κ3) is 4.94. The molecule has 176 valence electrons. The van der Waals surface area contributed by atoms with Crippen LogP contribution in [0.1, 0.15) is 12.8 Å². The normalized spacial score (nSPS) is 16.2. The van der Waals surface area contributed by atoms with Gasteiger partial charge in [-0.1, -0.05) is 29.5 Å². The number of sulfonamides is 1. The predicted molar refractivity (Wildman–Crippen MR) is 131 cm³/mol. The van der Waals surface area contributed by atoms with Crippen LogP contribution in [-0.2, 0) is 24.7 Å². The van der Waals surface area contributed by atoms with E-state index in [1.165, 1.54) is 39.9 Å². The van der Waals surface area contributed by atoms with Crippen LogP contribution in [-0.4, -0.2) is 57.6 Å². The average Bonchev–Trinajstić information content (AvgIpc) is 3.21. The fourth-order valence-electron chi connectivity index (χ4n) is 3.82. The van der Waals surface area contributed by atoms with E-state index in [0.717, 1.165) is 21.4 Å². The number of fused-ring (bicyclic) bond motifs is 1. The van der Waals surface area contributed by atoms with Gasteiger partial charge in [-0.25, -0.2) is 21.8 Å². The number of para-hydroxylation sites is 1. The van der Waals surface area contributed by atoms with E-state index in [2.05, 4.69) is 10.3 Å². The molecular weight excluding hydrogens is 503 g/mol. The van der Waals surface area contributed by atoms with Crippen molar-refractivity contribution in [2.24, 2.45) is 5.92 Å². The number of carbonyl (C=O) groups is 1. The highest BCUT2D eigenvalue weighted by atomic mass is 32.2. The Labute approximate surface area is 201 Å². The van der Waals surface area contributed by atoms with E-state index in [9.17, 15) is 21.6 Å². The van der Waals surface area contributed by atoms with Crippen LogP contribution in [0, 0.1) is 5.92 Å². The summed E-state index contributed by atoms with van der Waals surface area (Å²) in [5, 5.41) is 3.40. The Morgan fingerprint density at radius 3 is 2.36 bits per heavy atom. The molecule has 4 rings (SSSR count). The van der Waals surface area contributed by atoms with Crippen LogP contribution in [0.3, 0.4) is 0 Å². The van der Waals surface area contributed by atoms with Crippen LogP contribution >= 0.6 is 23.1 Å². The second-order valence-electron chi connectivity index (χ2n) is 7.71. The molecule has 0 saturated carbocycles. The number of nitrogens with zero attached hydrogens (tertiary/aromatic N) is 2. The van der Waals surface area contributed by atoms with Crippen molar-refractivity contribution in [2.75, 3.05) is 30.9 Å². The third-order valence-electron chi connectivity index (χ3n) is 5.52. The molecule has 2 aromatic carbocycles. The summed E-state index contributed by atoms with van der Waals surface area (Å²) < 4.78 is 52.6. The van der Waals surface area contributed by atoms with Gasteiger partial charge in [0.1, 0.15) is 4.90 Å². The zero-order chi connectivity index (χ0) is 23.8. The standard InChI is InChI=1S/C21H23N3O5S4/c1-30-15-6-5-7-16-19(15)22-21(31-16)23-20(25)14-10-12-24(13-11-14)33(28,29)18-9-4-3-8-17(18)32(2,26)27/h3-9,14H,10-13H2,1-2H3,(H,22,23,25). The molecule has 3 aromatic rings. The van der Waals surface area contributed by atoms with E-state index >= 15 is 0 Å². The number of thiazole rings is 1. The molecule has 8 nitrogen and oxygen atoms in total. The molecule has 2 heterocycles. The summed E-state index contributed by atoms with van der Waals surface area (Å²) >= 11 is 3.00. The maximum Gasteiger partial charge on any atom is 0.244 e. The molecule has 1 fully saturated rings. The number of sulfone groups is 1. The van der Waals surface area contributed by atoms with Gasteiger partial charge in [0.2, 0.25) is 15.9 Å². The first kappa shape index (κ1) is 24.1. The lowest BCUT2D eigenvalue weighted by molar-refractivity contribution is -0.120. The number of anilines is 1. The minimum absolute atomic E-state index is 0.134. The van der Waals surface area contributed by atoms with Crippen LogP contribution in [0.4, 0.5) is 5.13 Å². The summed E-state index contributed by atoms with van der Waals surface area (Å²) in [6.07, 6.45) is 3.64. The number of aromatic nitrogens is 1. The molecule has 0 atom stereocenters. The summed E-state index contributed by atoms with van der Waals surface area (Å²) in [6, 6.07) is 11.5. The monoisotopic (exact) mass is 525 g/mol. The maximum absolute atomic E-state index is 13.1. The Kier molecular flexibility index (Phi) is 6.83. The van der Waals surface area contributed by atoms with Crippen molar-refractivity contribution in [3.05, 3.63) is 42.5 Å². The number of piperidine rings is 1. The highest BCUT2D eigenvalue weighted by molar-refractivity contribution is 7.98. The lowest BCUT2D eigenvalue weighted by Gasteiger charge is -2.30. The fourth-order valence-corrected chi connectivity index (χ4v) is 8.41. The number of benzene rings is 2. The number of nitrogens with one attached hydrogen (secondary N) is 1. The SMILES string of the molecule is CSc1cccc2sc(NC(=O)C3CCN(S(=O)(=O)c4ccccc4S(C)(=O)=O)CC3)nc12. The molecule has 1 saturated heterocycles. The van der Waals surface area contributed by atoms with E-state index in [4.69, 9.17) is 0 Å². The highest BCUT2D eigenvalue weighted by Crippen LogP contribution is 2.33. The zero-order valence-corrected chi connectivity index (χ0v) is 21.3. The van der Waals surface area contributed by atoms with Gasteiger partial charge < -0.3 is 5.32 Å². The molecule has 1 aromatic heterocycles. The van der Waals surface area contributed by atoms with Crippen molar-refractivity contribution in [3.63, 3.8) is 0 Å².